The highest BCUT2D eigenvalue weighted by molar-refractivity contribution is 5.80. The molecule has 0 aliphatic carbocycles. The van der Waals surface area contributed by atoms with Crippen molar-refractivity contribution in [3.63, 3.8) is 0 Å². The van der Waals surface area contributed by atoms with Crippen LogP contribution in [0.15, 0.2) is 29.3 Å². The summed E-state index contributed by atoms with van der Waals surface area (Å²) in [5, 5.41) is 3.44. The van der Waals surface area contributed by atoms with Crippen LogP contribution in [-0.4, -0.2) is 65.0 Å². The van der Waals surface area contributed by atoms with Crippen molar-refractivity contribution in [2.24, 2.45) is 10.9 Å². The molecule has 1 heterocycles. The van der Waals surface area contributed by atoms with Gasteiger partial charge in [-0.3, -0.25) is 4.99 Å². The first kappa shape index (κ1) is 18.5. The van der Waals surface area contributed by atoms with Gasteiger partial charge in [0.2, 0.25) is 0 Å². The van der Waals surface area contributed by atoms with Gasteiger partial charge in [-0.2, -0.15) is 0 Å². The molecule has 0 spiro atoms. The summed E-state index contributed by atoms with van der Waals surface area (Å²) in [7, 11) is 5.21. The van der Waals surface area contributed by atoms with E-state index in [1.54, 1.807) is 14.2 Å². The molecule has 1 aromatic carbocycles. The Balaban J connectivity index is 1.77. The van der Waals surface area contributed by atoms with Crippen molar-refractivity contribution in [2.45, 2.75) is 13.0 Å². The van der Waals surface area contributed by atoms with E-state index >= 15 is 0 Å². The number of methoxy groups -OCH3 is 2. The third-order valence-electron chi connectivity index (χ3n) is 4.17. The third-order valence-corrected chi connectivity index (χ3v) is 4.17. The number of guanidine groups is 1. The van der Waals surface area contributed by atoms with Gasteiger partial charge in [0.25, 0.3) is 0 Å². The molecule has 6 heteroatoms. The third kappa shape index (κ3) is 5.69. The second-order valence-electron chi connectivity index (χ2n) is 5.92. The fourth-order valence-corrected chi connectivity index (χ4v) is 2.85. The highest BCUT2D eigenvalue weighted by Crippen LogP contribution is 2.17. The summed E-state index contributed by atoms with van der Waals surface area (Å²) >= 11 is 0. The lowest BCUT2D eigenvalue weighted by Gasteiger charge is -2.22. The lowest BCUT2D eigenvalue weighted by atomic mass is 10.1. The van der Waals surface area contributed by atoms with Gasteiger partial charge in [-0.25, -0.2) is 0 Å². The predicted molar refractivity (Wildman–Crippen MR) is 95.6 cm³/mol. The van der Waals surface area contributed by atoms with Gasteiger partial charge in [0.15, 0.2) is 5.96 Å². The van der Waals surface area contributed by atoms with Crippen molar-refractivity contribution in [1.82, 2.24) is 10.2 Å². The van der Waals surface area contributed by atoms with Crippen LogP contribution in [0, 0.1) is 5.92 Å². The van der Waals surface area contributed by atoms with Crippen LogP contribution in [0.3, 0.4) is 0 Å². The van der Waals surface area contributed by atoms with E-state index in [9.17, 15) is 0 Å². The maximum absolute atomic E-state index is 5.65. The number of rotatable bonds is 8. The summed E-state index contributed by atoms with van der Waals surface area (Å²) in [5.41, 5.74) is 1.18. The van der Waals surface area contributed by atoms with E-state index in [1.165, 1.54) is 5.56 Å². The number of aliphatic imine (C=N–C) groups is 1. The van der Waals surface area contributed by atoms with Gasteiger partial charge in [-0.15, -0.1) is 0 Å². The summed E-state index contributed by atoms with van der Waals surface area (Å²) in [6, 6.07) is 8.07. The zero-order chi connectivity index (χ0) is 17.2. The monoisotopic (exact) mass is 335 g/mol. The summed E-state index contributed by atoms with van der Waals surface area (Å²) in [5.74, 6) is 2.37. The first-order valence-corrected chi connectivity index (χ1v) is 8.42. The lowest BCUT2D eigenvalue weighted by molar-refractivity contribution is 0.0536. The average molecular weight is 335 g/mol. The molecule has 1 aromatic rings. The molecule has 2 rings (SSSR count). The summed E-state index contributed by atoms with van der Waals surface area (Å²) in [6.45, 7) is 4.82. The maximum atomic E-state index is 5.65. The molecular weight excluding hydrogens is 306 g/mol. The quantitative estimate of drug-likeness (QED) is 0.446. The van der Waals surface area contributed by atoms with Crippen molar-refractivity contribution in [3.8, 4) is 5.75 Å². The molecule has 1 aliphatic rings. The molecule has 0 amide bonds. The first-order valence-electron chi connectivity index (χ1n) is 8.42. The predicted octanol–water partition coefficient (Wildman–Crippen LogP) is 1.76. The Morgan fingerprint density at radius 3 is 2.96 bits per heavy atom. The summed E-state index contributed by atoms with van der Waals surface area (Å²) in [4.78, 5) is 6.71. The maximum Gasteiger partial charge on any atom is 0.193 e. The number of nitrogens with one attached hydrogen (secondary N) is 1. The molecule has 0 bridgehead atoms. The molecule has 1 saturated heterocycles. The standard InChI is InChI=1S/C18H29N3O3/c1-19-18(20-12-15-5-4-6-17(11-15)23-3)21-8-7-16(13-21)14-24-10-9-22-2/h4-6,11,16H,7-10,12-14H2,1-3H3,(H,19,20). The molecule has 24 heavy (non-hydrogen) atoms. The average Bonchev–Trinajstić information content (AvgIpc) is 3.08. The molecule has 1 N–H and O–H groups in total. The van der Waals surface area contributed by atoms with Crippen LogP contribution in [0.1, 0.15) is 12.0 Å². The fraction of sp³-hybridized carbons (Fsp3) is 0.611. The highest BCUT2D eigenvalue weighted by atomic mass is 16.5. The van der Waals surface area contributed by atoms with E-state index in [0.29, 0.717) is 19.1 Å². The van der Waals surface area contributed by atoms with Crippen molar-refractivity contribution in [2.75, 3.05) is 54.2 Å². The molecule has 0 radical (unpaired) electrons. The fourth-order valence-electron chi connectivity index (χ4n) is 2.85. The van der Waals surface area contributed by atoms with E-state index < -0.39 is 0 Å². The van der Waals surface area contributed by atoms with E-state index in [0.717, 1.165) is 44.4 Å². The number of likely N-dealkylation sites (tertiary alicyclic amines) is 1. The molecule has 1 fully saturated rings. The molecular formula is C18H29N3O3. The van der Waals surface area contributed by atoms with Crippen LogP contribution < -0.4 is 10.1 Å². The number of hydrogen-bond acceptors (Lipinski definition) is 4. The Morgan fingerprint density at radius 2 is 2.21 bits per heavy atom. The Bertz CT molecular complexity index is 522. The van der Waals surface area contributed by atoms with Gasteiger partial charge >= 0.3 is 0 Å². The van der Waals surface area contributed by atoms with Crippen LogP contribution in [0.5, 0.6) is 5.75 Å². The minimum atomic E-state index is 0.553. The first-order chi connectivity index (χ1) is 11.8. The molecule has 1 aliphatic heterocycles. The van der Waals surface area contributed by atoms with Gasteiger partial charge in [0, 0.05) is 39.7 Å². The van der Waals surface area contributed by atoms with Crippen LogP contribution >= 0.6 is 0 Å². The van der Waals surface area contributed by atoms with Gasteiger partial charge < -0.3 is 24.4 Å². The minimum absolute atomic E-state index is 0.553. The molecule has 0 saturated carbocycles. The Labute approximate surface area is 144 Å². The Hall–Kier alpha value is -1.79. The van der Waals surface area contributed by atoms with Gasteiger partial charge in [-0.05, 0) is 24.1 Å². The van der Waals surface area contributed by atoms with Crippen molar-refractivity contribution in [1.29, 1.82) is 0 Å². The molecule has 1 unspecified atom stereocenters. The van der Waals surface area contributed by atoms with Gasteiger partial charge in [0.05, 0.1) is 26.9 Å². The van der Waals surface area contributed by atoms with Gasteiger partial charge in [0.1, 0.15) is 5.75 Å². The number of benzene rings is 1. The van der Waals surface area contributed by atoms with E-state index in [1.807, 2.05) is 25.2 Å². The molecule has 6 nitrogen and oxygen atoms in total. The van der Waals surface area contributed by atoms with Crippen molar-refractivity contribution >= 4 is 5.96 Å². The van der Waals surface area contributed by atoms with Crippen LogP contribution in [-0.2, 0) is 16.0 Å². The zero-order valence-corrected chi connectivity index (χ0v) is 15.0. The van der Waals surface area contributed by atoms with Crippen LogP contribution in [0.25, 0.3) is 0 Å². The number of hydrogen-bond donors (Lipinski definition) is 1. The Kier molecular flexibility index (Phi) is 7.85. The van der Waals surface area contributed by atoms with Crippen molar-refractivity contribution in [3.05, 3.63) is 29.8 Å². The highest BCUT2D eigenvalue weighted by Gasteiger charge is 2.24. The second-order valence-corrected chi connectivity index (χ2v) is 5.92. The molecule has 134 valence electrons. The SMILES string of the molecule is CN=C(NCc1cccc(OC)c1)N1CCC(COCCOC)C1. The normalized spacial score (nSPS) is 18.0. The minimum Gasteiger partial charge on any atom is -0.497 e. The second kappa shape index (κ2) is 10.2. The van der Waals surface area contributed by atoms with Gasteiger partial charge in [-0.1, -0.05) is 12.1 Å². The summed E-state index contributed by atoms with van der Waals surface area (Å²) < 4.78 is 15.9. The molecule has 1 atom stereocenters. The van der Waals surface area contributed by atoms with Crippen molar-refractivity contribution < 1.29 is 14.2 Å². The number of ether oxygens (including phenoxy) is 3. The number of nitrogens with zero attached hydrogens (tertiary/aromatic N) is 2. The van der Waals surface area contributed by atoms with E-state index in [4.69, 9.17) is 14.2 Å². The van der Waals surface area contributed by atoms with E-state index in [-0.39, 0.29) is 0 Å². The molecule has 0 aromatic heterocycles. The summed E-state index contributed by atoms with van der Waals surface area (Å²) in [6.07, 6.45) is 1.13. The largest absolute Gasteiger partial charge is 0.497 e. The van der Waals surface area contributed by atoms with Crippen LogP contribution in [0.4, 0.5) is 0 Å². The topological polar surface area (TPSA) is 55.3 Å². The lowest BCUT2D eigenvalue weighted by Crippen LogP contribution is -2.39. The van der Waals surface area contributed by atoms with E-state index in [2.05, 4.69) is 21.3 Å². The Morgan fingerprint density at radius 1 is 1.33 bits per heavy atom. The van der Waals surface area contributed by atoms with Crippen LogP contribution in [0.2, 0.25) is 0 Å². The smallest absolute Gasteiger partial charge is 0.193 e. The zero-order valence-electron chi connectivity index (χ0n) is 15.0.